The first-order valence-electron chi connectivity index (χ1n) is 12.1. The Morgan fingerprint density at radius 2 is 1.67 bits per heavy atom. The summed E-state index contributed by atoms with van der Waals surface area (Å²) < 4.78 is 19.0. The van der Waals surface area contributed by atoms with Crippen LogP contribution in [0.3, 0.4) is 0 Å². The molecule has 2 unspecified atom stereocenters. The van der Waals surface area contributed by atoms with Gasteiger partial charge in [-0.25, -0.2) is 4.39 Å². The van der Waals surface area contributed by atoms with Gasteiger partial charge in [0.25, 0.3) is 5.91 Å². The van der Waals surface area contributed by atoms with Crippen LogP contribution in [-0.2, 0) is 11.3 Å². The van der Waals surface area contributed by atoms with Crippen LogP contribution < -0.4 is 15.4 Å². The van der Waals surface area contributed by atoms with E-state index in [9.17, 15) is 14.0 Å². The van der Waals surface area contributed by atoms with Gasteiger partial charge in [0, 0.05) is 48.1 Å². The number of methoxy groups -OCH3 is 1. The van der Waals surface area contributed by atoms with Crippen molar-refractivity contribution in [1.29, 1.82) is 0 Å². The molecule has 2 N–H and O–H groups in total. The highest BCUT2D eigenvalue weighted by Crippen LogP contribution is 2.38. The van der Waals surface area contributed by atoms with E-state index in [1.165, 1.54) is 19.1 Å². The molecule has 8 heteroatoms. The van der Waals surface area contributed by atoms with E-state index in [0.29, 0.717) is 29.1 Å². The molecule has 0 aromatic heterocycles. The molecular weight excluding hydrogens is 481 g/mol. The summed E-state index contributed by atoms with van der Waals surface area (Å²) in [5.41, 5.74) is 2.11. The van der Waals surface area contributed by atoms with Crippen LogP contribution in [0.15, 0.2) is 54.6 Å². The Balaban J connectivity index is 0.00000304. The molecule has 0 aliphatic carbocycles. The molecule has 5 rings (SSSR count). The number of amides is 2. The lowest BCUT2D eigenvalue weighted by Gasteiger charge is -2.39. The standard InChI is InChI=1S/C28H30FN3O3.ClH/c1-17(33)30-26-15-25(27(35-2)24-6-4-3-5-23(24)26)28(34)31-20-13-21-11-12-22(14-20)32(21)16-18-7-9-19(29)10-8-18;/h3-10,15,20-22H,11-14,16H2,1-2H3,(H,30,33)(H,31,34);1H. The maximum Gasteiger partial charge on any atom is 0.255 e. The lowest BCUT2D eigenvalue weighted by molar-refractivity contribution is -0.114. The van der Waals surface area contributed by atoms with Gasteiger partial charge in [-0.1, -0.05) is 36.4 Å². The van der Waals surface area contributed by atoms with Gasteiger partial charge in [0.05, 0.1) is 12.7 Å². The van der Waals surface area contributed by atoms with Gasteiger partial charge in [0.2, 0.25) is 5.91 Å². The Morgan fingerprint density at radius 1 is 1.03 bits per heavy atom. The molecule has 0 radical (unpaired) electrons. The molecule has 190 valence electrons. The molecule has 2 amide bonds. The van der Waals surface area contributed by atoms with Crippen LogP contribution >= 0.6 is 12.4 Å². The van der Waals surface area contributed by atoms with Crippen molar-refractivity contribution in [2.24, 2.45) is 0 Å². The van der Waals surface area contributed by atoms with Gasteiger partial charge in [-0.15, -0.1) is 12.4 Å². The first kappa shape index (κ1) is 25.9. The molecule has 36 heavy (non-hydrogen) atoms. The Hall–Kier alpha value is -3.16. The zero-order valence-electron chi connectivity index (χ0n) is 20.4. The summed E-state index contributed by atoms with van der Waals surface area (Å²) in [6, 6.07) is 16.8. The van der Waals surface area contributed by atoms with E-state index in [1.807, 2.05) is 36.4 Å². The monoisotopic (exact) mass is 511 g/mol. The molecule has 0 spiro atoms. The number of rotatable bonds is 6. The molecule has 2 fully saturated rings. The normalized spacial score (nSPS) is 21.0. The lowest BCUT2D eigenvalue weighted by Crippen LogP contribution is -2.50. The summed E-state index contributed by atoms with van der Waals surface area (Å²) in [6.45, 7) is 2.25. The van der Waals surface area contributed by atoms with Crippen molar-refractivity contribution in [3.63, 3.8) is 0 Å². The Kier molecular flexibility index (Phi) is 7.81. The van der Waals surface area contributed by atoms with Gasteiger partial charge in [-0.05, 0) is 49.4 Å². The average molecular weight is 512 g/mol. The first-order valence-corrected chi connectivity index (χ1v) is 12.1. The Labute approximate surface area is 216 Å². The summed E-state index contributed by atoms with van der Waals surface area (Å²) in [7, 11) is 1.56. The predicted octanol–water partition coefficient (Wildman–Crippen LogP) is 5.29. The largest absolute Gasteiger partial charge is 0.495 e. The predicted molar refractivity (Wildman–Crippen MR) is 141 cm³/mol. The molecule has 6 nitrogen and oxygen atoms in total. The number of benzene rings is 3. The minimum absolute atomic E-state index is 0. The molecule has 2 heterocycles. The summed E-state index contributed by atoms with van der Waals surface area (Å²) in [5.74, 6) is -0.111. The Morgan fingerprint density at radius 3 is 2.28 bits per heavy atom. The highest BCUT2D eigenvalue weighted by molar-refractivity contribution is 6.10. The maximum absolute atomic E-state index is 13.5. The van der Waals surface area contributed by atoms with Gasteiger partial charge in [-0.3, -0.25) is 14.5 Å². The second-order valence-corrected chi connectivity index (χ2v) is 9.56. The molecule has 3 aromatic carbocycles. The first-order chi connectivity index (χ1) is 16.9. The zero-order valence-corrected chi connectivity index (χ0v) is 21.2. The smallest absolute Gasteiger partial charge is 0.255 e. The number of hydrogen-bond donors (Lipinski definition) is 2. The van der Waals surface area contributed by atoms with E-state index >= 15 is 0 Å². The number of nitrogens with one attached hydrogen (secondary N) is 2. The van der Waals surface area contributed by atoms with Crippen LogP contribution in [0, 0.1) is 5.82 Å². The number of piperidine rings is 1. The highest BCUT2D eigenvalue weighted by Gasteiger charge is 2.41. The van der Waals surface area contributed by atoms with Gasteiger partial charge in [0.1, 0.15) is 11.6 Å². The van der Waals surface area contributed by atoms with Gasteiger partial charge in [0.15, 0.2) is 0 Å². The van der Waals surface area contributed by atoms with Crippen molar-refractivity contribution in [2.75, 3.05) is 12.4 Å². The van der Waals surface area contributed by atoms with Crippen molar-refractivity contribution < 1.29 is 18.7 Å². The third kappa shape index (κ3) is 5.18. The van der Waals surface area contributed by atoms with Crippen LogP contribution in [0.25, 0.3) is 10.8 Å². The van der Waals surface area contributed by atoms with Crippen molar-refractivity contribution >= 4 is 40.7 Å². The number of hydrogen-bond acceptors (Lipinski definition) is 4. The number of nitrogens with zero attached hydrogens (tertiary/aromatic N) is 1. The maximum atomic E-state index is 13.5. The summed E-state index contributed by atoms with van der Waals surface area (Å²) >= 11 is 0. The van der Waals surface area contributed by atoms with E-state index in [4.69, 9.17) is 4.74 Å². The van der Waals surface area contributed by atoms with Crippen LogP contribution in [0.5, 0.6) is 5.75 Å². The minimum Gasteiger partial charge on any atom is -0.495 e. The molecule has 2 aliphatic rings. The van der Waals surface area contributed by atoms with Crippen molar-refractivity contribution in [3.8, 4) is 5.75 Å². The second-order valence-electron chi connectivity index (χ2n) is 9.56. The van der Waals surface area contributed by atoms with E-state index in [0.717, 1.165) is 48.6 Å². The lowest BCUT2D eigenvalue weighted by atomic mass is 9.95. The molecule has 0 saturated carbocycles. The molecule has 3 aromatic rings. The van der Waals surface area contributed by atoms with Crippen LogP contribution in [0.1, 0.15) is 48.5 Å². The van der Waals surface area contributed by atoms with Crippen molar-refractivity contribution in [2.45, 2.75) is 57.3 Å². The summed E-state index contributed by atoms with van der Waals surface area (Å²) in [5, 5.41) is 7.69. The number of carbonyl (C=O) groups is 2. The van der Waals surface area contributed by atoms with Crippen LogP contribution in [-0.4, -0.2) is 41.9 Å². The van der Waals surface area contributed by atoms with Gasteiger partial charge < -0.3 is 15.4 Å². The van der Waals surface area contributed by atoms with Gasteiger partial charge in [-0.2, -0.15) is 0 Å². The van der Waals surface area contributed by atoms with Crippen LogP contribution in [0.2, 0.25) is 0 Å². The topological polar surface area (TPSA) is 70.7 Å². The minimum atomic E-state index is -0.219. The van der Waals surface area contributed by atoms with E-state index in [2.05, 4.69) is 15.5 Å². The number of halogens is 2. The summed E-state index contributed by atoms with van der Waals surface area (Å²) in [4.78, 5) is 27.8. The second kappa shape index (κ2) is 10.8. The highest BCUT2D eigenvalue weighted by atomic mass is 35.5. The summed E-state index contributed by atoms with van der Waals surface area (Å²) in [6.07, 6.45) is 3.95. The van der Waals surface area contributed by atoms with E-state index in [-0.39, 0.29) is 36.1 Å². The zero-order chi connectivity index (χ0) is 24.5. The van der Waals surface area contributed by atoms with Crippen molar-refractivity contribution in [1.82, 2.24) is 10.2 Å². The van der Waals surface area contributed by atoms with Gasteiger partial charge >= 0.3 is 0 Å². The fraction of sp³-hybridized carbons (Fsp3) is 0.357. The molecule has 2 bridgehead atoms. The molecule has 2 saturated heterocycles. The van der Waals surface area contributed by atoms with E-state index < -0.39 is 0 Å². The fourth-order valence-corrected chi connectivity index (χ4v) is 5.74. The SMILES string of the molecule is COc1c(C(=O)NC2CC3CCC(C2)N3Cc2ccc(F)cc2)cc(NC(C)=O)c2ccccc12.Cl. The third-order valence-electron chi connectivity index (χ3n) is 7.25. The number of ether oxygens (including phenoxy) is 1. The van der Waals surface area contributed by atoms with Crippen LogP contribution in [0.4, 0.5) is 10.1 Å². The molecule has 2 aliphatic heterocycles. The fourth-order valence-electron chi connectivity index (χ4n) is 5.74. The number of fused-ring (bicyclic) bond motifs is 3. The third-order valence-corrected chi connectivity index (χ3v) is 7.25. The van der Waals surface area contributed by atoms with Crippen molar-refractivity contribution in [3.05, 3.63) is 71.5 Å². The average Bonchev–Trinajstić information content (AvgIpc) is 3.07. The van der Waals surface area contributed by atoms with E-state index in [1.54, 1.807) is 13.2 Å². The quantitative estimate of drug-likeness (QED) is 0.471. The Bertz CT molecular complexity index is 1250. The number of anilines is 1. The number of carbonyl (C=O) groups excluding carboxylic acids is 2. The molecule has 2 atom stereocenters. The molecular formula is C28H31ClFN3O3.